The minimum absolute atomic E-state index is 0.00567. The number of halogens is 3. The minimum Gasteiger partial charge on any atom is -0.392 e. The number of nitrogens with one attached hydrogen (secondary N) is 2. The highest BCUT2D eigenvalue weighted by molar-refractivity contribution is 7.92. The molecule has 0 spiro atoms. The van der Waals surface area contributed by atoms with Crippen LogP contribution < -0.4 is 10.6 Å². The standard InChI is InChI=1S/C26H29ClF2N2O6S/c1-14(32)13-30-24(33)12-26(35)16-3-4-17(26)10-19(9-16)38(36,37)23-8-15(2-6-20(23)27)25(34)31-18-5-7-21(28)22(29)11-18/h2,5-8,11,14,16-17,19,32,35H,3-4,9-10,12-13H2,1H3,(H,30,33)(H,31,34)/t14-,16?,17?,19?,26?/m0/s1. The van der Waals surface area contributed by atoms with Gasteiger partial charge in [-0.1, -0.05) is 11.6 Å². The highest BCUT2D eigenvalue weighted by Gasteiger charge is 2.56. The van der Waals surface area contributed by atoms with Crippen LogP contribution in [0.25, 0.3) is 0 Å². The van der Waals surface area contributed by atoms with Gasteiger partial charge in [0.05, 0.1) is 33.3 Å². The molecule has 2 aliphatic rings. The zero-order chi connectivity index (χ0) is 27.8. The number of fused-ring (bicyclic) bond motifs is 2. The summed E-state index contributed by atoms with van der Waals surface area (Å²) in [5, 5.41) is 24.8. The molecular formula is C26H29ClF2N2O6S. The highest BCUT2D eigenvalue weighted by Crippen LogP contribution is 2.53. The third kappa shape index (κ3) is 5.70. The number of aliphatic hydroxyl groups excluding tert-OH is 1. The van der Waals surface area contributed by atoms with E-state index in [1.165, 1.54) is 25.1 Å². The predicted molar refractivity (Wildman–Crippen MR) is 136 cm³/mol. The molecular weight excluding hydrogens is 542 g/mol. The molecule has 2 amide bonds. The number of hydrogen-bond donors (Lipinski definition) is 4. The number of carbonyl (C=O) groups is 2. The Morgan fingerprint density at radius 2 is 1.76 bits per heavy atom. The molecule has 4 rings (SSSR count). The van der Waals surface area contributed by atoms with Gasteiger partial charge in [0.1, 0.15) is 0 Å². The molecule has 0 saturated heterocycles. The van der Waals surface area contributed by atoms with Crippen LogP contribution in [0, 0.1) is 23.5 Å². The lowest BCUT2D eigenvalue weighted by atomic mass is 9.72. The Morgan fingerprint density at radius 1 is 1.11 bits per heavy atom. The molecule has 3 atom stereocenters. The maximum atomic E-state index is 13.7. The molecule has 0 heterocycles. The van der Waals surface area contributed by atoms with Crippen molar-refractivity contribution in [3.8, 4) is 0 Å². The number of carbonyl (C=O) groups excluding carboxylic acids is 2. The Labute approximate surface area is 224 Å². The van der Waals surface area contributed by atoms with Crippen molar-refractivity contribution in [3.63, 3.8) is 0 Å². The Hall–Kier alpha value is -2.60. The zero-order valence-corrected chi connectivity index (χ0v) is 22.2. The molecule has 2 fully saturated rings. The molecule has 2 aromatic carbocycles. The van der Waals surface area contributed by atoms with Crippen LogP contribution in [-0.4, -0.2) is 53.9 Å². The molecule has 0 radical (unpaired) electrons. The van der Waals surface area contributed by atoms with Gasteiger partial charge >= 0.3 is 0 Å². The van der Waals surface area contributed by atoms with Crippen LogP contribution in [0.4, 0.5) is 14.5 Å². The van der Waals surface area contributed by atoms with E-state index >= 15 is 0 Å². The lowest BCUT2D eigenvalue weighted by Crippen LogP contribution is -2.51. The van der Waals surface area contributed by atoms with Crippen LogP contribution in [0.3, 0.4) is 0 Å². The number of anilines is 1. The summed E-state index contributed by atoms with van der Waals surface area (Å²) in [5.74, 6) is -4.19. The second-order valence-corrected chi connectivity index (χ2v) is 12.8. The number of amides is 2. The lowest BCUT2D eigenvalue weighted by molar-refractivity contribution is -0.133. The maximum absolute atomic E-state index is 13.7. The topological polar surface area (TPSA) is 133 Å². The van der Waals surface area contributed by atoms with Gasteiger partial charge in [-0.2, -0.15) is 0 Å². The van der Waals surface area contributed by atoms with Crippen molar-refractivity contribution >= 4 is 38.9 Å². The third-order valence-electron chi connectivity index (χ3n) is 7.53. The summed E-state index contributed by atoms with van der Waals surface area (Å²) in [7, 11) is -4.03. The van der Waals surface area contributed by atoms with Crippen molar-refractivity contribution in [2.75, 3.05) is 11.9 Å². The summed E-state index contributed by atoms with van der Waals surface area (Å²) < 4.78 is 54.0. The van der Waals surface area contributed by atoms with Gasteiger partial charge < -0.3 is 20.8 Å². The summed E-state index contributed by atoms with van der Waals surface area (Å²) >= 11 is 6.25. The number of benzene rings is 2. The van der Waals surface area contributed by atoms with Gasteiger partial charge in [-0.05, 0) is 74.8 Å². The molecule has 4 N–H and O–H groups in total. The van der Waals surface area contributed by atoms with Crippen molar-refractivity contribution < 1.29 is 37.0 Å². The van der Waals surface area contributed by atoms with E-state index in [4.69, 9.17) is 11.6 Å². The Bertz CT molecular complexity index is 1340. The smallest absolute Gasteiger partial charge is 0.255 e. The molecule has 2 saturated carbocycles. The SMILES string of the molecule is C[C@H](O)CNC(=O)CC1(O)C2CCC1CC(S(=O)(=O)c1cc(C(=O)Nc3ccc(F)c(F)c3)ccc1Cl)C2. The Balaban J connectivity index is 1.51. The second-order valence-electron chi connectivity index (χ2n) is 10.2. The normalized spacial score (nSPS) is 25.6. The van der Waals surface area contributed by atoms with Gasteiger partial charge in [0.2, 0.25) is 5.91 Å². The molecule has 206 valence electrons. The average Bonchev–Trinajstić information content (AvgIpc) is 3.00. The van der Waals surface area contributed by atoms with Gasteiger partial charge in [0.15, 0.2) is 21.5 Å². The van der Waals surface area contributed by atoms with Gasteiger partial charge in [-0.3, -0.25) is 9.59 Å². The van der Waals surface area contributed by atoms with Crippen molar-refractivity contribution in [1.29, 1.82) is 0 Å². The summed E-state index contributed by atoms with van der Waals surface area (Å²) in [6.45, 7) is 1.58. The first-order chi connectivity index (χ1) is 17.8. The van der Waals surface area contributed by atoms with Gasteiger partial charge in [0, 0.05) is 23.9 Å². The maximum Gasteiger partial charge on any atom is 0.255 e. The Kier molecular flexibility index (Phi) is 8.13. The average molecular weight is 571 g/mol. The largest absolute Gasteiger partial charge is 0.392 e. The van der Waals surface area contributed by atoms with Crippen molar-refractivity contribution in [3.05, 3.63) is 58.6 Å². The van der Waals surface area contributed by atoms with E-state index in [2.05, 4.69) is 10.6 Å². The highest BCUT2D eigenvalue weighted by atomic mass is 35.5. The van der Waals surface area contributed by atoms with Gasteiger partial charge in [0.25, 0.3) is 5.91 Å². The van der Waals surface area contributed by atoms with E-state index in [9.17, 15) is 37.0 Å². The van der Waals surface area contributed by atoms with E-state index in [0.29, 0.717) is 12.8 Å². The fourth-order valence-corrected chi connectivity index (χ4v) is 7.95. The molecule has 38 heavy (non-hydrogen) atoms. The first-order valence-electron chi connectivity index (χ1n) is 12.3. The minimum atomic E-state index is -4.03. The van der Waals surface area contributed by atoms with Gasteiger partial charge in [-0.15, -0.1) is 0 Å². The van der Waals surface area contributed by atoms with Crippen LogP contribution in [0.1, 0.15) is 49.4 Å². The quantitative estimate of drug-likeness (QED) is 0.384. The molecule has 0 aliphatic heterocycles. The first kappa shape index (κ1) is 28.4. The fraction of sp³-hybridized carbons (Fsp3) is 0.462. The van der Waals surface area contributed by atoms with E-state index in [-0.39, 0.29) is 47.0 Å². The Morgan fingerprint density at radius 3 is 2.37 bits per heavy atom. The van der Waals surface area contributed by atoms with E-state index in [1.54, 1.807) is 0 Å². The van der Waals surface area contributed by atoms with Crippen LogP contribution in [-0.2, 0) is 14.6 Å². The summed E-state index contributed by atoms with van der Waals surface area (Å²) in [6.07, 6.45) is 0.483. The monoisotopic (exact) mass is 570 g/mol. The van der Waals surface area contributed by atoms with Crippen LogP contribution >= 0.6 is 11.6 Å². The van der Waals surface area contributed by atoms with Crippen molar-refractivity contribution in [2.24, 2.45) is 11.8 Å². The molecule has 2 aromatic rings. The van der Waals surface area contributed by atoms with E-state index in [1.807, 2.05) is 0 Å². The van der Waals surface area contributed by atoms with Crippen LogP contribution in [0.15, 0.2) is 41.3 Å². The summed E-state index contributed by atoms with van der Waals surface area (Å²) in [6, 6.07) is 6.61. The van der Waals surface area contributed by atoms with Crippen molar-refractivity contribution in [2.45, 2.75) is 60.9 Å². The molecule has 2 unspecified atom stereocenters. The number of rotatable bonds is 8. The number of hydrogen-bond acceptors (Lipinski definition) is 6. The third-order valence-corrected chi connectivity index (χ3v) is 10.2. The van der Waals surface area contributed by atoms with Crippen LogP contribution in [0.5, 0.6) is 0 Å². The van der Waals surface area contributed by atoms with E-state index in [0.717, 1.165) is 18.2 Å². The van der Waals surface area contributed by atoms with Crippen molar-refractivity contribution in [1.82, 2.24) is 5.32 Å². The molecule has 8 nitrogen and oxygen atoms in total. The van der Waals surface area contributed by atoms with E-state index < -0.39 is 62.1 Å². The number of sulfone groups is 1. The van der Waals surface area contributed by atoms with Gasteiger partial charge in [-0.25, -0.2) is 17.2 Å². The fourth-order valence-electron chi connectivity index (χ4n) is 5.55. The molecule has 2 bridgehead atoms. The number of aliphatic hydroxyl groups is 2. The van der Waals surface area contributed by atoms with Crippen LogP contribution in [0.2, 0.25) is 5.02 Å². The second kappa shape index (κ2) is 10.9. The predicted octanol–water partition coefficient (Wildman–Crippen LogP) is 3.45. The summed E-state index contributed by atoms with van der Waals surface area (Å²) in [5.41, 5.74) is -1.39. The molecule has 2 aliphatic carbocycles. The lowest BCUT2D eigenvalue weighted by Gasteiger charge is -2.42. The molecule has 12 heteroatoms. The molecule has 0 aromatic heterocycles. The first-order valence-corrected chi connectivity index (χ1v) is 14.2. The zero-order valence-electron chi connectivity index (χ0n) is 20.6. The summed E-state index contributed by atoms with van der Waals surface area (Å²) in [4.78, 5) is 24.8.